The van der Waals surface area contributed by atoms with Gasteiger partial charge >= 0.3 is 6.03 Å². The predicted octanol–water partition coefficient (Wildman–Crippen LogP) is 1.92. The number of hydrogen-bond acceptors (Lipinski definition) is 2. The molecule has 0 unspecified atom stereocenters. The Balaban J connectivity index is 1.88. The molecule has 0 spiro atoms. The van der Waals surface area contributed by atoms with Crippen LogP contribution < -0.4 is 10.6 Å². The molecule has 88 valence electrons. The molecule has 4 nitrogen and oxygen atoms in total. The molecule has 2 N–H and O–H groups in total. The van der Waals surface area contributed by atoms with Crippen molar-refractivity contribution >= 4 is 6.03 Å². The highest BCUT2D eigenvalue weighted by Crippen LogP contribution is 2.31. The molecular weight excluding hydrogens is 202 g/mol. The van der Waals surface area contributed by atoms with Crippen LogP contribution in [0.4, 0.5) is 4.79 Å². The van der Waals surface area contributed by atoms with Crippen molar-refractivity contribution in [2.75, 3.05) is 0 Å². The summed E-state index contributed by atoms with van der Waals surface area (Å²) in [6, 6.07) is 2.47. The lowest BCUT2D eigenvalue weighted by Crippen LogP contribution is -2.53. The van der Waals surface area contributed by atoms with E-state index in [1.165, 1.54) is 0 Å². The molecule has 0 radical (unpaired) electrons. The molecule has 2 rings (SSSR count). The molecule has 0 aromatic rings. The van der Waals surface area contributed by atoms with Crippen LogP contribution in [0, 0.1) is 17.2 Å². The molecule has 2 aliphatic rings. The number of carbonyl (C=O) groups is 1. The van der Waals surface area contributed by atoms with Gasteiger partial charge in [-0.05, 0) is 44.4 Å². The molecule has 2 aliphatic carbocycles. The molecule has 0 bridgehead atoms. The van der Waals surface area contributed by atoms with Crippen molar-refractivity contribution in [1.82, 2.24) is 10.6 Å². The fourth-order valence-corrected chi connectivity index (χ4v) is 2.19. The first-order chi connectivity index (χ1) is 7.63. The second-order valence-corrected chi connectivity index (χ2v) is 5.25. The zero-order chi connectivity index (χ0) is 11.6. The van der Waals surface area contributed by atoms with Crippen molar-refractivity contribution in [2.24, 2.45) is 5.92 Å². The second kappa shape index (κ2) is 4.32. The van der Waals surface area contributed by atoms with Gasteiger partial charge in [0.25, 0.3) is 0 Å². The highest BCUT2D eigenvalue weighted by molar-refractivity contribution is 5.76. The molecule has 0 saturated heterocycles. The van der Waals surface area contributed by atoms with Crippen LogP contribution in [0.5, 0.6) is 0 Å². The van der Waals surface area contributed by atoms with E-state index in [0.717, 1.165) is 38.5 Å². The van der Waals surface area contributed by atoms with E-state index >= 15 is 0 Å². The van der Waals surface area contributed by atoms with E-state index in [1.807, 2.05) is 0 Å². The third-order valence-corrected chi connectivity index (χ3v) is 3.61. The maximum absolute atomic E-state index is 11.6. The van der Waals surface area contributed by atoms with Gasteiger partial charge in [-0.3, -0.25) is 0 Å². The summed E-state index contributed by atoms with van der Waals surface area (Å²) in [6.07, 6.45) is 5.76. The zero-order valence-corrected chi connectivity index (χ0v) is 9.75. The Labute approximate surface area is 96.4 Å². The lowest BCUT2D eigenvalue weighted by Gasteiger charge is -2.34. The van der Waals surface area contributed by atoms with Crippen LogP contribution >= 0.6 is 0 Å². The van der Waals surface area contributed by atoms with Crippen molar-refractivity contribution in [3.8, 4) is 6.07 Å². The van der Waals surface area contributed by atoms with E-state index in [-0.39, 0.29) is 6.03 Å². The van der Waals surface area contributed by atoms with Crippen molar-refractivity contribution < 1.29 is 4.79 Å². The van der Waals surface area contributed by atoms with Crippen LogP contribution in [0.25, 0.3) is 0 Å². The van der Waals surface area contributed by atoms with Gasteiger partial charge in [0.15, 0.2) is 0 Å². The molecule has 4 heteroatoms. The number of nitrogens with zero attached hydrogens (tertiary/aromatic N) is 1. The maximum Gasteiger partial charge on any atom is 0.316 e. The number of hydrogen-bond donors (Lipinski definition) is 2. The number of nitrogens with one attached hydrogen (secondary N) is 2. The molecule has 0 heterocycles. The Morgan fingerprint density at radius 1 is 1.31 bits per heavy atom. The van der Waals surface area contributed by atoms with Gasteiger partial charge < -0.3 is 10.6 Å². The van der Waals surface area contributed by atoms with Crippen LogP contribution in [-0.4, -0.2) is 17.6 Å². The molecule has 2 amide bonds. The van der Waals surface area contributed by atoms with Crippen LogP contribution in [0.15, 0.2) is 0 Å². The highest BCUT2D eigenvalue weighted by Gasteiger charge is 2.36. The topological polar surface area (TPSA) is 64.9 Å². The molecule has 2 saturated carbocycles. The lowest BCUT2D eigenvalue weighted by atomic mass is 9.78. The largest absolute Gasteiger partial charge is 0.335 e. The Morgan fingerprint density at radius 3 is 2.44 bits per heavy atom. The van der Waals surface area contributed by atoms with Crippen molar-refractivity contribution in [1.29, 1.82) is 5.26 Å². The Kier molecular flexibility index (Phi) is 3.04. The van der Waals surface area contributed by atoms with Gasteiger partial charge in [-0.25, -0.2) is 4.79 Å². The van der Waals surface area contributed by atoms with E-state index in [4.69, 9.17) is 0 Å². The Morgan fingerprint density at radius 2 is 1.94 bits per heavy atom. The second-order valence-electron chi connectivity index (χ2n) is 5.25. The molecule has 0 aliphatic heterocycles. The summed E-state index contributed by atoms with van der Waals surface area (Å²) < 4.78 is 0. The van der Waals surface area contributed by atoms with Gasteiger partial charge in [0.1, 0.15) is 5.54 Å². The molecule has 2 fully saturated rings. The Bertz CT molecular complexity index is 309. The van der Waals surface area contributed by atoms with Crippen LogP contribution in [0.2, 0.25) is 0 Å². The van der Waals surface area contributed by atoms with Gasteiger partial charge in [0, 0.05) is 6.04 Å². The van der Waals surface area contributed by atoms with E-state index in [2.05, 4.69) is 23.6 Å². The van der Waals surface area contributed by atoms with Crippen LogP contribution in [-0.2, 0) is 0 Å². The predicted molar refractivity (Wildman–Crippen MR) is 60.7 cm³/mol. The number of urea groups is 1. The molecule has 0 atom stereocenters. The summed E-state index contributed by atoms with van der Waals surface area (Å²) in [5.74, 6) is 0.676. The standard InChI is InChI=1S/C12H19N3O/c1-9-4-6-12(8-13,7-5-9)15-11(16)14-10-2-3-10/h9-10H,2-7H2,1H3,(H2,14,15,16). The zero-order valence-electron chi connectivity index (χ0n) is 9.75. The fraction of sp³-hybridized carbons (Fsp3) is 0.833. The average molecular weight is 221 g/mol. The minimum atomic E-state index is -0.620. The third-order valence-electron chi connectivity index (χ3n) is 3.61. The fourth-order valence-electron chi connectivity index (χ4n) is 2.19. The van der Waals surface area contributed by atoms with E-state index in [0.29, 0.717) is 12.0 Å². The summed E-state index contributed by atoms with van der Waals surface area (Å²) in [6.45, 7) is 2.20. The van der Waals surface area contributed by atoms with Crippen molar-refractivity contribution in [2.45, 2.75) is 57.0 Å². The normalized spacial score (nSPS) is 33.9. The Hall–Kier alpha value is -1.24. The van der Waals surface area contributed by atoms with Crippen molar-refractivity contribution in [3.05, 3.63) is 0 Å². The summed E-state index contributed by atoms with van der Waals surface area (Å²) in [4.78, 5) is 11.6. The SMILES string of the molecule is CC1CCC(C#N)(NC(=O)NC2CC2)CC1. The van der Waals surface area contributed by atoms with Crippen LogP contribution in [0.3, 0.4) is 0 Å². The maximum atomic E-state index is 11.6. The number of carbonyl (C=O) groups excluding carboxylic acids is 1. The summed E-state index contributed by atoms with van der Waals surface area (Å²) in [5.41, 5.74) is -0.620. The third kappa shape index (κ3) is 2.66. The minimum Gasteiger partial charge on any atom is -0.335 e. The monoisotopic (exact) mass is 221 g/mol. The first kappa shape index (κ1) is 11.3. The number of amides is 2. The van der Waals surface area contributed by atoms with Gasteiger partial charge in [-0.15, -0.1) is 0 Å². The number of nitriles is 1. The van der Waals surface area contributed by atoms with Gasteiger partial charge in [-0.2, -0.15) is 5.26 Å². The van der Waals surface area contributed by atoms with Gasteiger partial charge in [-0.1, -0.05) is 6.92 Å². The lowest BCUT2D eigenvalue weighted by molar-refractivity contribution is 0.212. The first-order valence-corrected chi connectivity index (χ1v) is 6.13. The quantitative estimate of drug-likeness (QED) is 0.748. The summed E-state index contributed by atoms with van der Waals surface area (Å²) in [5, 5.41) is 15.0. The van der Waals surface area contributed by atoms with Gasteiger partial charge in [0.2, 0.25) is 0 Å². The molecule has 0 aromatic heterocycles. The van der Waals surface area contributed by atoms with E-state index < -0.39 is 5.54 Å². The first-order valence-electron chi connectivity index (χ1n) is 6.13. The number of rotatable bonds is 2. The minimum absolute atomic E-state index is 0.168. The average Bonchev–Trinajstić information content (AvgIpc) is 3.06. The highest BCUT2D eigenvalue weighted by atomic mass is 16.2. The molecular formula is C12H19N3O. The van der Waals surface area contributed by atoms with Crippen LogP contribution in [0.1, 0.15) is 45.4 Å². The summed E-state index contributed by atoms with van der Waals surface area (Å²) in [7, 11) is 0. The van der Waals surface area contributed by atoms with Gasteiger partial charge in [0.05, 0.1) is 6.07 Å². The smallest absolute Gasteiger partial charge is 0.316 e. The molecule has 16 heavy (non-hydrogen) atoms. The van der Waals surface area contributed by atoms with E-state index in [1.54, 1.807) is 0 Å². The van der Waals surface area contributed by atoms with E-state index in [9.17, 15) is 10.1 Å². The van der Waals surface area contributed by atoms with Crippen molar-refractivity contribution in [3.63, 3.8) is 0 Å². The molecule has 0 aromatic carbocycles. The summed E-state index contributed by atoms with van der Waals surface area (Å²) >= 11 is 0.